The Morgan fingerprint density at radius 1 is 1.24 bits per heavy atom. The molecule has 0 bridgehead atoms. The topological polar surface area (TPSA) is 21.3 Å². The van der Waals surface area contributed by atoms with E-state index in [1.54, 1.807) is 0 Å². The van der Waals surface area contributed by atoms with Gasteiger partial charge in [-0.25, -0.2) is 0 Å². The van der Waals surface area contributed by atoms with Crippen LogP contribution in [-0.2, 0) is 4.84 Å². The van der Waals surface area contributed by atoms with Gasteiger partial charge in [0.15, 0.2) is 0 Å². The summed E-state index contributed by atoms with van der Waals surface area (Å²) in [7, 11) is 0. The second kappa shape index (κ2) is 9.01. The molecule has 1 aliphatic carbocycles. The second-order valence-corrected chi connectivity index (χ2v) is 6.08. The lowest BCUT2D eigenvalue weighted by atomic mass is 9.84. The predicted molar refractivity (Wildman–Crippen MR) is 88.9 cm³/mol. The normalized spacial score (nSPS) is 19.1. The zero-order chi connectivity index (χ0) is 14.9. The zero-order valence-corrected chi connectivity index (χ0v) is 13.3. The van der Waals surface area contributed by atoms with Gasteiger partial charge in [-0.15, -0.1) is 6.58 Å². The number of hydrogen-bond donors (Lipinski definition) is 1. The van der Waals surface area contributed by atoms with Crippen molar-refractivity contribution in [2.45, 2.75) is 64.0 Å². The highest BCUT2D eigenvalue weighted by molar-refractivity contribution is 5.17. The molecule has 1 aromatic carbocycles. The number of rotatable bonds is 8. The fraction of sp³-hybridized carbons (Fsp3) is 0.579. The van der Waals surface area contributed by atoms with Gasteiger partial charge < -0.3 is 0 Å². The molecule has 2 heteroatoms. The number of hydroxylamine groups is 1. The Bertz CT molecular complexity index is 397. The summed E-state index contributed by atoms with van der Waals surface area (Å²) in [5.74, 6) is 0.675. The van der Waals surface area contributed by atoms with E-state index in [2.05, 4.69) is 49.3 Å². The lowest BCUT2D eigenvalue weighted by Crippen LogP contribution is -2.36. The molecule has 2 atom stereocenters. The van der Waals surface area contributed by atoms with Crippen LogP contribution in [0.5, 0.6) is 0 Å². The Morgan fingerprint density at radius 3 is 2.57 bits per heavy atom. The molecule has 2 rings (SSSR count). The summed E-state index contributed by atoms with van der Waals surface area (Å²) in [5.41, 5.74) is 4.55. The minimum Gasteiger partial charge on any atom is -0.293 e. The van der Waals surface area contributed by atoms with Crippen molar-refractivity contribution in [3.05, 3.63) is 48.6 Å². The van der Waals surface area contributed by atoms with Crippen molar-refractivity contribution in [1.29, 1.82) is 0 Å². The zero-order valence-electron chi connectivity index (χ0n) is 13.3. The van der Waals surface area contributed by atoms with Gasteiger partial charge in [-0.2, -0.15) is 5.48 Å². The number of benzene rings is 1. The molecule has 1 aliphatic rings. The van der Waals surface area contributed by atoms with E-state index >= 15 is 0 Å². The third-order valence-electron chi connectivity index (χ3n) is 4.48. The predicted octanol–water partition coefficient (Wildman–Crippen LogP) is 5.18. The van der Waals surface area contributed by atoms with Crippen LogP contribution in [0, 0.1) is 5.92 Å². The van der Waals surface area contributed by atoms with Crippen LogP contribution < -0.4 is 5.48 Å². The van der Waals surface area contributed by atoms with Gasteiger partial charge in [-0.05, 0) is 30.7 Å². The fourth-order valence-corrected chi connectivity index (χ4v) is 3.21. The van der Waals surface area contributed by atoms with Crippen molar-refractivity contribution in [1.82, 2.24) is 5.48 Å². The molecule has 0 heterocycles. The molecule has 2 nitrogen and oxygen atoms in total. The molecule has 21 heavy (non-hydrogen) atoms. The second-order valence-electron chi connectivity index (χ2n) is 6.08. The van der Waals surface area contributed by atoms with Gasteiger partial charge in [-0.3, -0.25) is 4.84 Å². The van der Waals surface area contributed by atoms with Gasteiger partial charge >= 0.3 is 0 Å². The molecular formula is C19H29NO. The number of nitrogens with one attached hydrogen (secondary N) is 1. The van der Waals surface area contributed by atoms with Crippen molar-refractivity contribution < 1.29 is 4.84 Å². The maximum Gasteiger partial charge on any atom is 0.104 e. The molecule has 0 aromatic heterocycles. The SMILES string of the molecule is C=C[C@H](NO[C@@H](CCC)c1ccccc1)C1CCCCC1. The summed E-state index contributed by atoms with van der Waals surface area (Å²) in [6.07, 6.45) is 10.9. The van der Waals surface area contributed by atoms with Gasteiger partial charge in [0.1, 0.15) is 6.10 Å². The van der Waals surface area contributed by atoms with E-state index in [4.69, 9.17) is 4.84 Å². The average molecular weight is 287 g/mol. The highest BCUT2D eigenvalue weighted by Gasteiger charge is 2.22. The Balaban J connectivity index is 1.92. The van der Waals surface area contributed by atoms with Gasteiger partial charge in [0.25, 0.3) is 0 Å². The summed E-state index contributed by atoms with van der Waals surface area (Å²) in [6.45, 7) is 6.19. The fourth-order valence-electron chi connectivity index (χ4n) is 3.21. The van der Waals surface area contributed by atoms with Crippen LogP contribution in [-0.4, -0.2) is 6.04 Å². The van der Waals surface area contributed by atoms with E-state index < -0.39 is 0 Å². The standard InChI is InChI=1S/C19H29NO/c1-3-11-19(17-14-9-6-10-15-17)21-20-18(4-2)16-12-7-5-8-13-16/h4,6,9-10,14-16,18-20H,2-3,5,7-8,11-13H2,1H3/t18-,19-/m0/s1. The molecular weight excluding hydrogens is 258 g/mol. The maximum absolute atomic E-state index is 6.05. The highest BCUT2D eigenvalue weighted by atomic mass is 16.7. The summed E-state index contributed by atoms with van der Waals surface area (Å²) in [5, 5.41) is 0. The van der Waals surface area contributed by atoms with Crippen molar-refractivity contribution in [2.75, 3.05) is 0 Å². The summed E-state index contributed by atoms with van der Waals surface area (Å²) in [4.78, 5) is 6.05. The van der Waals surface area contributed by atoms with Crippen LogP contribution in [0.2, 0.25) is 0 Å². The maximum atomic E-state index is 6.05. The lowest BCUT2D eigenvalue weighted by Gasteiger charge is -2.30. The highest BCUT2D eigenvalue weighted by Crippen LogP contribution is 2.28. The molecule has 1 N–H and O–H groups in total. The summed E-state index contributed by atoms with van der Waals surface area (Å²) in [6, 6.07) is 10.8. The Hall–Kier alpha value is -1.12. The minimum absolute atomic E-state index is 0.127. The molecule has 0 radical (unpaired) electrons. The third-order valence-corrected chi connectivity index (χ3v) is 4.48. The molecule has 0 saturated heterocycles. The molecule has 0 unspecified atom stereocenters. The molecule has 0 aliphatic heterocycles. The average Bonchev–Trinajstić information content (AvgIpc) is 2.56. The van der Waals surface area contributed by atoms with Crippen molar-refractivity contribution in [3.63, 3.8) is 0 Å². The monoisotopic (exact) mass is 287 g/mol. The van der Waals surface area contributed by atoms with Crippen molar-refractivity contribution in [3.8, 4) is 0 Å². The Morgan fingerprint density at radius 2 is 1.95 bits per heavy atom. The first-order chi connectivity index (χ1) is 10.3. The van der Waals surface area contributed by atoms with Gasteiger partial charge in [0, 0.05) is 0 Å². The molecule has 1 aromatic rings. The lowest BCUT2D eigenvalue weighted by molar-refractivity contribution is -0.0534. The minimum atomic E-state index is 0.127. The molecule has 1 saturated carbocycles. The third kappa shape index (κ3) is 4.98. The van der Waals surface area contributed by atoms with E-state index in [0.29, 0.717) is 5.92 Å². The molecule has 116 valence electrons. The van der Waals surface area contributed by atoms with Crippen LogP contribution in [0.25, 0.3) is 0 Å². The Kier molecular flexibility index (Phi) is 6.98. The quantitative estimate of drug-likeness (QED) is 0.525. The van der Waals surface area contributed by atoms with Gasteiger partial charge in [0.05, 0.1) is 6.04 Å². The van der Waals surface area contributed by atoms with Crippen LogP contribution in [0.3, 0.4) is 0 Å². The van der Waals surface area contributed by atoms with Crippen LogP contribution in [0.15, 0.2) is 43.0 Å². The van der Waals surface area contributed by atoms with Crippen molar-refractivity contribution >= 4 is 0 Å². The van der Waals surface area contributed by atoms with Crippen molar-refractivity contribution in [2.24, 2.45) is 5.92 Å². The van der Waals surface area contributed by atoms with Crippen LogP contribution >= 0.6 is 0 Å². The van der Waals surface area contributed by atoms with E-state index in [1.807, 2.05) is 6.08 Å². The summed E-state index contributed by atoms with van der Waals surface area (Å²) >= 11 is 0. The smallest absolute Gasteiger partial charge is 0.104 e. The molecule has 1 fully saturated rings. The molecule has 0 spiro atoms. The Labute approximate surface area is 129 Å². The van der Waals surface area contributed by atoms with E-state index in [-0.39, 0.29) is 12.1 Å². The van der Waals surface area contributed by atoms with E-state index in [1.165, 1.54) is 37.7 Å². The first-order valence-corrected chi connectivity index (χ1v) is 8.43. The van der Waals surface area contributed by atoms with E-state index in [0.717, 1.165) is 12.8 Å². The van der Waals surface area contributed by atoms with Crippen LogP contribution in [0.1, 0.15) is 63.5 Å². The first-order valence-electron chi connectivity index (χ1n) is 8.43. The van der Waals surface area contributed by atoms with Gasteiger partial charge in [0.2, 0.25) is 0 Å². The molecule has 0 amide bonds. The first kappa shape index (κ1) is 16.3. The summed E-state index contributed by atoms with van der Waals surface area (Å²) < 4.78 is 0. The van der Waals surface area contributed by atoms with Crippen LogP contribution in [0.4, 0.5) is 0 Å². The largest absolute Gasteiger partial charge is 0.293 e. The van der Waals surface area contributed by atoms with E-state index in [9.17, 15) is 0 Å². The van der Waals surface area contributed by atoms with Gasteiger partial charge in [-0.1, -0.05) is 69.0 Å². The number of hydrogen-bond acceptors (Lipinski definition) is 2.